The minimum atomic E-state index is -3.44. The number of rotatable bonds is 7. The van der Waals surface area contributed by atoms with Gasteiger partial charge < -0.3 is 0 Å². The number of hydrogen-bond donors (Lipinski definition) is 0. The van der Waals surface area contributed by atoms with E-state index in [1.807, 2.05) is 39.8 Å². The highest BCUT2D eigenvalue weighted by Crippen LogP contribution is 2.25. The molecule has 1 aromatic rings. The molecule has 3 nitrogen and oxygen atoms in total. The average molecular weight is 362 g/mol. The molecule has 20 heavy (non-hydrogen) atoms. The molecular weight excluding hydrogens is 338 g/mol. The second-order valence-corrected chi connectivity index (χ2v) is 7.70. The predicted molar refractivity (Wildman–Crippen MR) is 88.0 cm³/mol. The zero-order chi connectivity index (χ0) is 15.3. The van der Waals surface area contributed by atoms with Gasteiger partial charge in [-0.1, -0.05) is 41.9 Å². The third kappa shape index (κ3) is 3.83. The van der Waals surface area contributed by atoms with Crippen molar-refractivity contribution in [1.82, 2.24) is 4.31 Å². The Kier molecular flexibility index (Phi) is 6.69. The Bertz CT molecular complexity index is 539. The lowest BCUT2D eigenvalue weighted by Gasteiger charge is -2.29. The maximum absolute atomic E-state index is 13.0. The molecule has 1 aromatic carbocycles. The van der Waals surface area contributed by atoms with E-state index in [0.717, 1.165) is 24.0 Å². The monoisotopic (exact) mass is 361 g/mol. The lowest BCUT2D eigenvalue weighted by atomic mass is 10.2. The van der Waals surface area contributed by atoms with Crippen molar-refractivity contribution in [2.75, 3.05) is 11.9 Å². The molecule has 0 saturated carbocycles. The van der Waals surface area contributed by atoms with Crippen molar-refractivity contribution in [2.45, 2.75) is 51.5 Å². The van der Waals surface area contributed by atoms with E-state index >= 15 is 0 Å². The summed E-state index contributed by atoms with van der Waals surface area (Å²) in [5.41, 5.74) is 1.78. The molecule has 0 aliphatic heterocycles. The summed E-state index contributed by atoms with van der Waals surface area (Å²) in [5.74, 6) is 0. The van der Waals surface area contributed by atoms with Gasteiger partial charge in [0.1, 0.15) is 0 Å². The van der Waals surface area contributed by atoms with Crippen LogP contribution in [0.2, 0.25) is 0 Å². The molecule has 0 aliphatic carbocycles. The van der Waals surface area contributed by atoms with Crippen LogP contribution in [-0.2, 0) is 10.0 Å². The first-order valence-electron chi connectivity index (χ1n) is 7.03. The Labute approximate surface area is 131 Å². The zero-order valence-corrected chi connectivity index (χ0v) is 15.1. The van der Waals surface area contributed by atoms with Crippen molar-refractivity contribution in [3.8, 4) is 0 Å². The first-order chi connectivity index (χ1) is 9.38. The maximum atomic E-state index is 13.0. The van der Waals surface area contributed by atoms with E-state index in [-0.39, 0.29) is 6.04 Å². The predicted octanol–water partition coefficient (Wildman–Crippen LogP) is 3.88. The highest BCUT2D eigenvalue weighted by Gasteiger charge is 2.30. The van der Waals surface area contributed by atoms with Gasteiger partial charge in [0.15, 0.2) is 0 Å². The quantitative estimate of drug-likeness (QED) is 0.691. The summed E-state index contributed by atoms with van der Waals surface area (Å²) in [6.45, 7) is 8.35. The van der Waals surface area contributed by atoms with E-state index < -0.39 is 10.0 Å². The topological polar surface area (TPSA) is 37.4 Å². The molecule has 0 aliphatic rings. The molecule has 0 heterocycles. The van der Waals surface area contributed by atoms with Crippen LogP contribution in [0.25, 0.3) is 0 Å². The highest BCUT2D eigenvalue weighted by molar-refractivity contribution is 9.09. The second kappa shape index (κ2) is 7.57. The van der Waals surface area contributed by atoms with Gasteiger partial charge in [-0.25, -0.2) is 8.42 Å². The average Bonchev–Trinajstić information content (AvgIpc) is 2.41. The lowest BCUT2D eigenvalue weighted by Crippen LogP contribution is -2.41. The maximum Gasteiger partial charge on any atom is 0.243 e. The molecule has 0 fully saturated rings. The van der Waals surface area contributed by atoms with Crippen molar-refractivity contribution in [3.63, 3.8) is 0 Å². The van der Waals surface area contributed by atoms with Crippen LogP contribution in [0.3, 0.4) is 0 Å². The minimum Gasteiger partial charge on any atom is -0.207 e. The Morgan fingerprint density at radius 1 is 1.20 bits per heavy atom. The van der Waals surface area contributed by atoms with Crippen molar-refractivity contribution >= 4 is 26.0 Å². The summed E-state index contributed by atoms with van der Waals surface area (Å²) < 4.78 is 27.6. The number of nitrogens with zero attached hydrogens (tertiary/aromatic N) is 1. The van der Waals surface area contributed by atoms with Crippen molar-refractivity contribution in [2.24, 2.45) is 0 Å². The van der Waals surface area contributed by atoms with Crippen molar-refractivity contribution in [3.05, 3.63) is 29.3 Å². The van der Waals surface area contributed by atoms with E-state index in [0.29, 0.717) is 16.8 Å². The standard InChI is InChI=1S/C15H24BrNO2S/c1-5-14(6-2)17(10-9-16)20(18,19)15-11-12(3)7-8-13(15)4/h7-8,11,14H,5-6,9-10H2,1-4H3. The van der Waals surface area contributed by atoms with Crippen LogP contribution in [-0.4, -0.2) is 30.6 Å². The molecule has 0 unspecified atom stereocenters. The fourth-order valence-electron chi connectivity index (χ4n) is 2.39. The van der Waals surface area contributed by atoms with Crippen LogP contribution >= 0.6 is 15.9 Å². The van der Waals surface area contributed by atoms with Gasteiger partial charge in [-0.05, 0) is 43.9 Å². The summed E-state index contributed by atoms with van der Waals surface area (Å²) in [6.07, 6.45) is 1.65. The van der Waals surface area contributed by atoms with E-state index in [1.54, 1.807) is 10.4 Å². The Balaban J connectivity index is 3.32. The van der Waals surface area contributed by atoms with E-state index in [2.05, 4.69) is 15.9 Å². The molecule has 114 valence electrons. The number of alkyl halides is 1. The van der Waals surface area contributed by atoms with Gasteiger partial charge >= 0.3 is 0 Å². The van der Waals surface area contributed by atoms with Gasteiger partial charge in [0.25, 0.3) is 0 Å². The summed E-state index contributed by atoms with van der Waals surface area (Å²) in [6, 6.07) is 5.65. The van der Waals surface area contributed by atoms with E-state index in [4.69, 9.17) is 0 Å². The fourth-order valence-corrected chi connectivity index (χ4v) is 5.09. The van der Waals surface area contributed by atoms with Gasteiger partial charge in [0.05, 0.1) is 4.90 Å². The fraction of sp³-hybridized carbons (Fsp3) is 0.600. The van der Waals surface area contributed by atoms with E-state index in [1.165, 1.54) is 0 Å². The normalized spacial score (nSPS) is 12.3. The number of halogens is 1. The highest BCUT2D eigenvalue weighted by atomic mass is 79.9. The molecular formula is C15H24BrNO2S. The van der Waals surface area contributed by atoms with Crippen LogP contribution in [0, 0.1) is 13.8 Å². The summed E-state index contributed by atoms with van der Waals surface area (Å²) in [7, 11) is -3.44. The smallest absolute Gasteiger partial charge is 0.207 e. The van der Waals surface area contributed by atoms with E-state index in [9.17, 15) is 8.42 Å². The first-order valence-corrected chi connectivity index (χ1v) is 9.59. The number of hydrogen-bond acceptors (Lipinski definition) is 2. The Morgan fingerprint density at radius 3 is 2.30 bits per heavy atom. The van der Waals surface area contributed by atoms with Crippen molar-refractivity contribution < 1.29 is 8.42 Å². The van der Waals surface area contributed by atoms with Crippen LogP contribution in [0.5, 0.6) is 0 Å². The van der Waals surface area contributed by atoms with Crippen molar-refractivity contribution in [1.29, 1.82) is 0 Å². The molecule has 0 bridgehead atoms. The second-order valence-electron chi connectivity index (χ2n) is 5.04. The molecule has 0 N–H and O–H groups in total. The third-order valence-electron chi connectivity index (χ3n) is 3.58. The zero-order valence-electron chi connectivity index (χ0n) is 12.7. The number of benzene rings is 1. The van der Waals surface area contributed by atoms with Crippen LogP contribution in [0.15, 0.2) is 23.1 Å². The van der Waals surface area contributed by atoms with Gasteiger partial charge in [-0.15, -0.1) is 0 Å². The third-order valence-corrected chi connectivity index (χ3v) is 6.03. The molecule has 0 radical (unpaired) electrons. The number of aryl methyl sites for hydroxylation is 2. The van der Waals surface area contributed by atoms with Gasteiger partial charge in [0, 0.05) is 17.9 Å². The summed E-state index contributed by atoms with van der Waals surface area (Å²) in [4.78, 5) is 0.436. The van der Waals surface area contributed by atoms with Gasteiger partial charge in [-0.2, -0.15) is 4.31 Å². The molecule has 0 saturated heterocycles. The Hall–Kier alpha value is -0.390. The lowest BCUT2D eigenvalue weighted by molar-refractivity contribution is 0.317. The summed E-state index contributed by atoms with van der Waals surface area (Å²) >= 11 is 3.37. The SMILES string of the molecule is CCC(CC)N(CCBr)S(=O)(=O)c1cc(C)ccc1C. The molecule has 0 amide bonds. The number of sulfonamides is 1. The van der Waals surface area contributed by atoms with Gasteiger partial charge in [-0.3, -0.25) is 0 Å². The molecule has 0 aromatic heterocycles. The van der Waals surface area contributed by atoms with Crippen LogP contribution < -0.4 is 0 Å². The molecule has 5 heteroatoms. The molecule has 0 spiro atoms. The largest absolute Gasteiger partial charge is 0.243 e. The Morgan fingerprint density at radius 2 is 1.80 bits per heavy atom. The summed E-state index contributed by atoms with van der Waals surface area (Å²) in [5, 5.41) is 0.646. The first kappa shape index (κ1) is 17.7. The van der Waals surface area contributed by atoms with Gasteiger partial charge in [0.2, 0.25) is 10.0 Å². The molecule has 0 atom stereocenters. The van der Waals surface area contributed by atoms with Crippen LogP contribution in [0.4, 0.5) is 0 Å². The van der Waals surface area contributed by atoms with Crippen LogP contribution in [0.1, 0.15) is 37.8 Å². The minimum absolute atomic E-state index is 0.0532. The molecule has 1 rings (SSSR count).